The third-order valence-corrected chi connectivity index (χ3v) is 2.20. The first kappa shape index (κ1) is 13.9. The Hall–Kier alpha value is -0.0800. The van der Waals surface area contributed by atoms with Crippen LogP contribution in [0.1, 0.15) is 53.9 Å². The maximum Gasteiger partial charge on any atom is 0.0599 e. The summed E-state index contributed by atoms with van der Waals surface area (Å²) >= 11 is 0. The van der Waals surface area contributed by atoms with Gasteiger partial charge in [-0.3, -0.25) is 0 Å². The Morgan fingerprint density at radius 1 is 1.21 bits per heavy atom. The number of nitrogens with one attached hydrogen (secondary N) is 1. The number of rotatable bonds is 7. The Bertz CT molecular complexity index is 129. The van der Waals surface area contributed by atoms with Crippen LogP contribution in [0.5, 0.6) is 0 Å². The minimum atomic E-state index is -0.00581. The fourth-order valence-electron chi connectivity index (χ4n) is 1.42. The molecule has 86 valence electrons. The minimum Gasteiger partial charge on any atom is -0.375 e. The van der Waals surface area contributed by atoms with Crippen LogP contribution in [0.25, 0.3) is 0 Å². The van der Waals surface area contributed by atoms with Crippen LogP contribution in [0.3, 0.4) is 0 Å². The van der Waals surface area contributed by atoms with Crippen molar-refractivity contribution < 1.29 is 4.74 Å². The second-order valence-corrected chi connectivity index (χ2v) is 4.81. The SMILES string of the molecule is CCCC(CC)NCCOC(C)(C)C. The molecule has 0 aromatic heterocycles. The molecule has 0 heterocycles. The van der Waals surface area contributed by atoms with Crippen molar-refractivity contribution in [2.45, 2.75) is 65.5 Å². The third kappa shape index (κ3) is 8.52. The zero-order valence-corrected chi connectivity index (χ0v) is 10.5. The molecule has 2 heteroatoms. The zero-order chi connectivity index (χ0) is 11.0. The summed E-state index contributed by atoms with van der Waals surface area (Å²) in [6.07, 6.45) is 3.74. The van der Waals surface area contributed by atoms with Gasteiger partial charge in [-0.05, 0) is 33.6 Å². The van der Waals surface area contributed by atoms with Crippen LogP contribution in [-0.2, 0) is 4.74 Å². The van der Waals surface area contributed by atoms with Crippen molar-refractivity contribution in [3.63, 3.8) is 0 Å². The summed E-state index contributed by atoms with van der Waals surface area (Å²) in [5.74, 6) is 0. The van der Waals surface area contributed by atoms with Crippen LogP contribution in [0.2, 0.25) is 0 Å². The monoisotopic (exact) mass is 201 g/mol. The van der Waals surface area contributed by atoms with E-state index in [0.29, 0.717) is 6.04 Å². The molecule has 0 bridgehead atoms. The molecule has 0 spiro atoms. The van der Waals surface area contributed by atoms with Crippen LogP contribution in [0.4, 0.5) is 0 Å². The van der Waals surface area contributed by atoms with Gasteiger partial charge in [-0.1, -0.05) is 20.3 Å². The average molecular weight is 201 g/mol. The molecule has 1 unspecified atom stereocenters. The van der Waals surface area contributed by atoms with Crippen LogP contribution < -0.4 is 5.32 Å². The normalized spacial score (nSPS) is 14.4. The van der Waals surface area contributed by atoms with Crippen LogP contribution in [0, 0.1) is 0 Å². The van der Waals surface area contributed by atoms with Crippen LogP contribution >= 0.6 is 0 Å². The Kier molecular flexibility index (Phi) is 7.20. The van der Waals surface area contributed by atoms with Crippen molar-refractivity contribution in [2.24, 2.45) is 0 Å². The smallest absolute Gasteiger partial charge is 0.0599 e. The molecule has 0 aliphatic heterocycles. The van der Waals surface area contributed by atoms with E-state index >= 15 is 0 Å². The van der Waals surface area contributed by atoms with Gasteiger partial charge < -0.3 is 10.1 Å². The van der Waals surface area contributed by atoms with Crippen LogP contribution in [0.15, 0.2) is 0 Å². The lowest BCUT2D eigenvalue weighted by Crippen LogP contribution is -2.33. The lowest BCUT2D eigenvalue weighted by atomic mass is 10.1. The van der Waals surface area contributed by atoms with Crippen molar-refractivity contribution in [1.82, 2.24) is 5.32 Å². The molecule has 0 saturated carbocycles. The first-order valence-corrected chi connectivity index (χ1v) is 5.87. The van der Waals surface area contributed by atoms with Gasteiger partial charge >= 0.3 is 0 Å². The molecule has 1 atom stereocenters. The van der Waals surface area contributed by atoms with Crippen molar-refractivity contribution in [2.75, 3.05) is 13.2 Å². The molecule has 0 aliphatic rings. The highest BCUT2D eigenvalue weighted by atomic mass is 16.5. The van der Waals surface area contributed by atoms with E-state index in [1.807, 2.05) is 0 Å². The lowest BCUT2D eigenvalue weighted by molar-refractivity contribution is -0.00173. The van der Waals surface area contributed by atoms with E-state index < -0.39 is 0 Å². The summed E-state index contributed by atoms with van der Waals surface area (Å²) in [5, 5.41) is 3.52. The Balaban J connectivity index is 3.42. The molecule has 0 radical (unpaired) electrons. The molecule has 2 nitrogen and oxygen atoms in total. The molecule has 0 aromatic carbocycles. The standard InChI is InChI=1S/C12H27NO/c1-6-8-11(7-2)13-9-10-14-12(3,4)5/h11,13H,6-10H2,1-5H3. The number of ether oxygens (including phenoxy) is 1. The summed E-state index contributed by atoms with van der Waals surface area (Å²) in [6, 6.07) is 0.670. The summed E-state index contributed by atoms with van der Waals surface area (Å²) in [7, 11) is 0. The fraction of sp³-hybridized carbons (Fsp3) is 1.00. The molecular formula is C12H27NO. The second kappa shape index (κ2) is 7.24. The molecule has 0 amide bonds. The lowest BCUT2D eigenvalue weighted by Gasteiger charge is -2.21. The highest BCUT2D eigenvalue weighted by Crippen LogP contribution is 2.05. The Morgan fingerprint density at radius 2 is 1.86 bits per heavy atom. The zero-order valence-electron chi connectivity index (χ0n) is 10.5. The van der Waals surface area contributed by atoms with Crippen molar-refractivity contribution in [3.8, 4) is 0 Å². The average Bonchev–Trinajstić information content (AvgIpc) is 2.08. The van der Waals surface area contributed by atoms with Gasteiger partial charge in [0.25, 0.3) is 0 Å². The molecule has 0 aromatic rings. The fourth-order valence-corrected chi connectivity index (χ4v) is 1.42. The molecule has 1 N–H and O–H groups in total. The van der Waals surface area contributed by atoms with Crippen LogP contribution in [-0.4, -0.2) is 24.8 Å². The third-order valence-electron chi connectivity index (χ3n) is 2.20. The second-order valence-electron chi connectivity index (χ2n) is 4.81. The summed E-state index contributed by atoms with van der Waals surface area (Å²) < 4.78 is 5.64. The molecule has 0 aliphatic carbocycles. The highest BCUT2D eigenvalue weighted by Gasteiger charge is 2.09. The first-order chi connectivity index (χ1) is 6.49. The van der Waals surface area contributed by atoms with Gasteiger partial charge in [-0.25, -0.2) is 0 Å². The maximum absolute atomic E-state index is 5.64. The van der Waals surface area contributed by atoms with Gasteiger partial charge in [0.2, 0.25) is 0 Å². The Labute approximate surface area is 89.4 Å². The van der Waals surface area contributed by atoms with Crippen molar-refractivity contribution in [3.05, 3.63) is 0 Å². The predicted molar refractivity (Wildman–Crippen MR) is 62.7 cm³/mol. The Morgan fingerprint density at radius 3 is 2.29 bits per heavy atom. The van der Waals surface area contributed by atoms with Crippen molar-refractivity contribution in [1.29, 1.82) is 0 Å². The summed E-state index contributed by atoms with van der Waals surface area (Å²) in [5.41, 5.74) is -0.00581. The molecular weight excluding hydrogens is 174 g/mol. The summed E-state index contributed by atoms with van der Waals surface area (Å²) in [4.78, 5) is 0. The van der Waals surface area contributed by atoms with Gasteiger partial charge in [-0.2, -0.15) is 0 Å². The quantitative estimate of drug-likeness (QED) is 0.639. The predicted octanol–water partition coefficient (Wildman–Crippen LogP) is 2.97. The van der Waals surface area contributed by atoms with E-state index in [1.54, 1.807) is 0 Å². The van der Waals surface area contributed by atoms with E-state index in [4.69, 9.17) is 4.74 Å². The molecule has 0 saturated heterocycles. The number of hydrogen-bond donors (Lipinski definition) is 1. The molecule has 0 fully saturated rings. The molecule has 14 heavy (non-hydrogen) atoms. The van der Waals surface area contributed by atoms with E-state index in [-0.39, 0.29) is 5.60 Å². The molecule has 0 rings (SSSR count). The van der Waals surface area contributed by atoms with Gasteiger partial charge in [0.1, 0.15) is 0 Å². The minimum absolute atomic E-state index is 0.00581. The van der Waals surface area contributed by atoms with Gasteiger partial charge in [0, 0.05) is 12.6 Å². The summed E-state index contributed by atoms with van der Waals surface area (Å²) in [6.45, 7) is 12.5. The van der Waals surface area contributed by atoms with E-state index in [1.165, 1.54) is 19.3 Å². The topological polar surface area (TPSA) is 21.3 Å². The largest absolute Gasteiger partial charge is 0.375 e. The van der Waals surface area contributed by atoms with Gasteiger partial charge in [0.15, 0.2) is 0 Å². The maximum atomic E-state index is 5.64. The van der Waals surface area contributed by atoms with E-state index in [0.717, 1.165) is 13.2 Å². The van der Waals surface area contributed by atoms with Crippen molar-refractivity contribution >= 4 is 0 Å². The number of hydrogen-bond acceptors (Lipinski definition) is 2. The van der Waals surface area contributed by atoms with Gasteiger partial charge in [0.05, 0.1) is 12.2 Å². The first-order valence-electron chi connectivity index (χ1n) is 5.87. The van der Waals surface area contributed by atoms with E-state index in [9.17, 15) is 0 Å². The van der Waals surface area contributed by atoms with E-state index in [2.05, 4.69) is 39.9 Å². The highest BCUT2D eigenvalue weighted by molar-refractivity contribution is 4.65. The van der Waals surface area contributed by atoms with Gasteiger partial charge in [-0.15, -0.1) is 0 Å².